The van der Waals surface area contributed by atoms with E-state index in [9.17, 15) is 22.8 Å². The molecule has 0 spiro atoms. The molecule has 0 saturated heterocycles. The summed E-state index contributed by atoms with van der Waals surface area (Å²) in [5.74, 6) is -1.89. The van der Waals surface area contributed by atoms with Gasteiger partial charge in [0.1, 0.15) is 6.04 Å². The summed E-state index contributed by atoms with van der Waals surface area (Å²) < 4.78 is 37.4. The average molecular weight is 307 g/mol. The van der Waals surface area contributed by atoms with Crippen molar-refractivity contribution in [3.8, 4) is 0 Å². The van der Waals surface area contributed by atoms with Crippen molar-refractivity contribution in [3.63, 3.8) is 0 Å². The molecule has 110 valence electrons. The number of benzene rings is 1. The van der Waals surface area contributed by atoms with Gasteiger partial charge in [-0.3, -0.25) is 9.59 Å². The Kier molecular flexibility index (Phi) is 5.43. The number of aliphatic carboxylic acids is 1. The highest BCUT2D eigenvalue weighted by Gasteiger charge is 2.30. The Hall–Kier alpha value is -1.70. The summed E-state index contributed by atoms with van der Waals surface area (Å²) >= 11 is 0.908. The van der Waals surface area contributed by atoms with Crippen molar-refractivity contribution in [3.05, 3.63) is 29.8 Å². The molecule has 0 saturated carbocycles. The van der Waals surface area contributed by atoms with Crippen LogP contribution in [0.15, 0.2) is 29.2 Å². The molecule has 0 bridgehead atoms. The number of hydrogen-bond acceptors (Lipinski definition) is 3. The Morgan fingerprint density at radius 2 is 2.05 bits per heavy atom. The number of carbonyl (C=O) groups excluding carboxylic acids is 1. The second-order valence-electron chi connectivity index (χ2n) is 3.94. The number of carboxylic acid groups (broad SMARTS) is 1. The van der Waals surface area contributed by atoms with Gasteiger partial charge in [0.15, 0.2) is 0 Å². The van der Waals surface area contributed by atoms with Crippen LogP contribution in [-0.4, -0.2) is 28.8 Å². The first-order valence-electron chi connectivity index (χ1n) is 5.52. The summed E-state index contributed by atoms with van der Waals surface area (Å²) in [5.41, 5.74) is -0.790. The largest absolute Gasteiger partial charge is 0.480 e. The van der Waals surface area contributed by atoms with Crippen molar-refractivity contribution in [2.24, 2.45) is 0 Å². The summed E-state index contributed by atoms with van der Waals surface area (Å²) in [7, 11) is 0. The lowest BCUT2D eigenvalue weighted by atomic mass is 10.2. The molecule has 2 N–H and O–H groups in total. The smallest absolute Gasteiger partial charge is 0.416 e. The maximum absolute atomic E-state index is 12.5. The third-order valence-corrected chi connectivity index (χ3v) is 3.27. The number of nitrogens with one attached hydrogen (secondary N) is 1. The van der Waals surface area contributed by atoms with Crippen LogP contribution in [0.4, 0.5) is 13.2 Å². The zero-order valence-electron chi connectivity index (χ0n) is 10.4. The number of alkyl halides is 3. The minimum atomic E-state index is -4.43. The summed E-state index contributed by atoms with van der Waals surface area (Å²) in [6, 6.07) is 3.55. The summed E-state index contributed by atoms with van der Waals surface area (Å²) in [6.07, 6.45) is -4.43. The molecule has 1 rings (SSSR count). The van der Waals surface area contributed by atoms with Crippen LogP contribution in [0.1, 0.15) is 12.5 Å². The fourth-order valence-corrected chi connectivity index (χ4v) is 2.02. The van der Waals surface area contributed by atoms with E-state index in [2.05, 4.69) is 5.32 Å². The van der Waals surface area contributed by atoms with Gasteiger partial charge in [-0.25, -0.2) is 0 Å². The standard InChI is InChI=1S/C12H12F3NO3S/c1-7(11(18)19)16-10(17)6-20-9-4-2-3-8(5-9)12(13,14)15/h2-5,7H,6H2,1H3,(H,16,17)(H,18,19)/t7-/m0/s1. The number of carbonyl (C=O) groups is 2. The highest BCUT2D eigenvalue weighted by Crippen LogP contribution is 2.31. The van der Waals surface area contributed by atoms with Gasteiger partial charge in [0.2, 0.25) is 5.91 Å². The van der Waals surface area contributed by atoms with Gasteiger partial charge in [-0.1, -0.05) is 6.07 Å². The molecule has 1 aromatic carbocycles. The minimum absolute atomic E-state index is 0.154. The quantitative estimate of drug-likeness (QED) is 0.820. The molecule has 1 aromatic rings. The first-order chi connectivity index (χ1) is 9.20. The normalized spacial score (nSPS) is 12.8. The molecule has 0 heterocycles. The van der Waals surface area contributed by atoms with E-state index in [4.69, 9.17) is 5.11 Å². The van der Waals surface area contributed by atoms with Gasteiger partial charge < -0.3 is 10.4 Å². The van der Waals surface area contributed by atoms with Crippen LogP contribution in [-0.2, 0) is 15.8 Å². The Morgan fingerprint density at radius 1 is 1.40 bits per heavy atom. The van der Waals surface area contributed by atoms with Gasteiger partial charge in [0.05, 0.1) is 11.3 Å². The highest BCUT2D eigenvalue weighted by atomic mass is 32.2. The van der Waals surface area contributed by atoms with Crippen molar-refractivity contribution in [1.29, 1.82) is 0 Å². The van der Waals surface area contributed by atoms with Gasteiger partial charge in [-0.15, -0.1) is 11.8 Å². The van der Waals surface area contributed by atoms with Gasteiger partial charge in [-0.2, -0.15) is 13.2 Å². The molecule has 0 radical (unpaired) electrons. The zero-order valence-corrected chi connectivity index (χ0v) is 11.2. The summed E-state index contributed by atoms with van der Waals surface area (Å²) in [6.45, 7) is 1.30. The van der Waals surface area contributed by atoms with Crippen LogP contribution in [0.2, 0.25) is 0 Å². The molecule has 20 heavy (non-hydrogen) atoms. The van der Waals surface area contributed by atoms with Crippen LogP contribution in [0.3, 0.4) is 0 Å². The number of thioether (sulfide) groups is 1. The lowest BCUT2D eigenvalue weighted by Crippen LogP contribution is -2.39. The van der Waals surface area contributed by atoms with E-state index in [1.54, 1.807) is 0 Å². The van der Waals surface area contributed by atoms with E-state index in [-0.39, 0.29) is 10.6 Å². The zero-order chi connectivity index (χ0) is 15.3. The van der Waals surface area contributed by atoms with Crippen LogP contribution >= 0.6 is 11.8 Å². The molecule has 8 heteroatoms. The first kappa shape index (κ1) is 16.4. The predicted molar refractivity (Wildman–Crippen MR) is 67.4 cm³/mol. The van der Waals surface area contributed by atoms with Gasteiger partial charge in [0, 0.05) is 4.90 Å². The van der Waals surface area contributed by atoms with Crippen molar-refractivity contribution >= 4 is 23.6 Å². The van der Waals surface area contributed by atoms with Crippen LogP contribution in [0, 0.1) is 0 Å². The molecule has 0 unspecified atom stereocenters. The van der Waals surface area contributed by atoms with Crippen LogP contribution < -0.4 is 5.32 Å². The predicted octanol–water partition coefficient (Wildman–Crippen LogP) is 2.39. The van der Waals surface area contributed by atoms with E-state index in [1.807, 2.05) is 0 Å². The molecular formula is C12H12F3NO3S. The fraction of sp³-hybridized carbons (Fsp3) is 0.333. The van der Waals surface area contributed by atoms with E-state index in [0.717, 1.165) is 23.9 Å². The molecule has 0 aliphatic heterocycles. The molecule has 4 nitrogen and oxygen atoms in total. The Labute approximate surface area is 117 Å². The topological polar surface area (TPSA) is 66.4 Å². The SMILES string of the molecule is C[C@H](NC(=O)CSc1cccc(C(F)(F)F)c1)C(=O)O. The lowest BCUT2D eigenvalue weighted by molar-refractivity contribution is -0.141. The number of carboxylic acids is 1. The Balaban J connectivity index is 2.58. The molecule has 0 aromatic heterocycles. The van der Waals surface area contributed by atoms with Gasteiger partial charge in [-0.05, 0) is 25.1 Å². The van der Waals surface area contributed by atoms with E-state index in [0.29, 0.717) is 0 Å². The van der Waals surface area contributed by atoms with Crippen molar-refractivity contribution in [2.75, 3.05) is 5.75 Å². The Bertz CT molecular complexity index is 505. The molecule has 1 amide bonds. The molecule has 0 aliphatic rings. The molecule has 0 fully saturated rings. The van der Waals surface area contributed by atoms with E-state index in [1.165, 1.54) is 19.1 Å². The second-order valence-corrected chi connectivity index (χ2v) is 4.99. The van der Waals surface area contributed by atoms with Crippen LogP contribution in [0.25, 0.3) is 0 Å². The summed E-state index contributed by atoms with van der Waals surface area (Å²) in [5, 5.41) is 10.8. The monoisotopic (exact) mass is 307 g/mol. The summed E-state index contributed by atoms with van der Waals surface area (Å²) in [4.78, 5) is 22.2. The average Bonchev–Trinajstić information content (AvgIpc) is 2.35. The Morgan fingerprint density at radius 3 is 2.60 bits per heavy atom. The van der Waals surface area contributed by atoms with E-state index < -0.39 is 29.7 Å². The number of amides is 1. The van der Waals surface area contributed by atoms with Crippen LogP contribution in [0.5, 0.6) is 0 Å². The maximum Gasteiger partial charge on any atom is 0.416 e. The second kappa shape index (κ2) is 6.65. The number of hydrogen-bond donors (Lipinski definition) is 2. The van der Waals surface area contributed by atoms with Crippen molar-refractivity contribution in [2.45, 2.75) is 24.0 Å². The van der Waals surface area contributed by atoms with Gasteiger partial charge >= 0.3 is 12.1 Å². The third-order valence-electron chi connectivity index (χ3n) is 2.28. The van der Waals surface area contributed by atoms with E-state index >= 15 is 0 Å². The molecular weight excluding hydrogens is 295 g/mol. The van der Waals surface area contributed by atoms with Crippen molar-refractivity contribution in [1.82, 2.24) is 5.32 Å². The minimum Gasteiger partial charge on any atom is -0.480 e. The highest BCUT2D eigenvalue weighted by molar-refractivity contribution is 8.00. The third kappa shape index (κ3) is 5.12. The maximum atomic E-state index is 12.5. The lowest BCUT2D eigenvalue weighted by Gasteiger charge is -2.10. The molecule has 1 atom stereocenters. The molecule has 0 aliphatic carbocycles. The van der Waals surface area contributed by atoms with Gasteiger partial charge in [0.25, 0.3) is 0 Å². The number of halogens is 3. The first-order valence-corrected chi connectivity index (χ1v) is 6.51. The fourth-order valence-electron chi connectivity index (χ4n) is 1.26. The van der Waals surface area contributed by atoms with Crippen molar-refractivity contribution < 1.29 is 27.9 Å². The number of rotatable bonds is 5.